The maximum absolute atomic E-state index is 14.7. The Balaban J connectivity index is 0.000000142. The van der Waals surface area contributed by atoms with Gasteiger partial charge in [0.25, 0.3) is 0 Å². The van der Waals surface area contributed by atoms with E-state index < -0.39 is 75.5 Å². The summed E-state index contributed by atoms with van der Waals surface area (Å²) in [5.74, 6) is -0.715. The number of nitrogens with zero attached hydrogens (tertiary/aromatic N) is 11. The number of rotatable bonds is 26. The Hall–Kier alpha value is -15.1. The van der Waals surface area contributed by atoms with Crippen molar-refractivity contribution in [3.05, 3.63) is 349 Å². The quantitative estimate of drug-likeness (QED) is 0.0222. The van der Waals surface area contributed by atoms with E-state index in [0.29, 0.717) is 46.3 Å². The molecule has 4 amide bonds. The van der Waals surface area contributed by atoms with Crippen LogP contribution in [-0.4, -0.2) is 150 Å². The molecule has 0 atom stereocenters. The Kier molecular flexibility index (Phi) is 30.8. The second-order valence-electron chi connectivity index (χ2n) is 39.6. The van der Waals surface area contributed by atoms with E-state index in [1.165, 1.54) is 44.3 Å². The fraction of sp³-hybridized carbons (Fsp3) is 0.243. The summed E-state index contributed by atoms with van der Waals surface area (Å²) < 4.78 is 131. The zero-order valence-electron chi connectivity index (χ0n) is 84.7. The Labute approximate surface area is 868 Å². The minimum atomic E-state index is -3.43. The zero-order chi connectivity index (χ0) is 107. The van der Waals surface area contributed by atoms with Crippen molar-refractivity contribution in [3.8, 4) is 89.0 Å². The molecule has 0 spiro atoms. The molecule has 9 aromatic heterocycles. The van der Waals surface area contributed by atoms with Crippen molar-refractivity contribution in [3.63, 3.8) is 0 Å². The highest BCUT2D eigenvalue weighted by atomic mass is 32.2. The van der Waals surface area contributed by atoms with E-state index in [4.69, 9.17) is 0 Å². The number of nitrogens with one attached hydrogen (secondary N) is 3. The molecule has 9 heterocycles. The van der Waals surface area contributed by atoms with Crippen LogP contribution in [0, 0.1) is 6.92 Å². The fourth-order valence-corrected chi connectivity index (χ4v) is 19.5. The van der Waals surface area contributed by atoms with Crippen molar-refractivity contribution in [1.82, 2.24) is 65.7 Å². The van der Waals surface area contributed by atoms with Crippen LogP contribution in [0.4, 0.5) is 13.6 Å². The van der Waals surface area contributed by atoms with Gasteiger partial charge in [0.15, 0.2) is 50.7 Å². The highest BCUT2D eigenvalue weighted by Crippen LogP contribution is 2.47. The Morgan fingerprint density at radius 1 is 0.450 bits per heavy atom. The van der Waals surface area contributed by atoms with Gasteiger partial charge in [0.05, 0.1) is 53.7 Å². The lowest BCUT2D eigenvalue weighted by Gasteiger charge is -2.24. The van der Waals surface area contributed by atoms with Gasteiger partial charge in [-0.05, 0) is 325 Å². The SMILES string of the molecule is CC(C)(c1cc(-c2cccc(-c3cncc(/C=C/C(=O)NC4CC4)c3)c2)c2ncccc2c1)S(C)(=O)=O.CC(C)(c1cc(-c2cccc(-c3cncc(CC(=O)NC4CC4)c3)c2)c2ncccc2c1)S(C)(=O)=O.CC(C)NC(=O)N=c1ccc(-c2cccc(-c3cc(C(C)(C)S(C)(=O)=O)cc4cccnc34)c2)cn1O.Cc1noc(C(F)(F)Sc2cncc(-c3cccc(-c4cc(C(C)(C)S(C)(=O)=O)cc5cccnc45)c3)c2)n1. The second kappa shape index (κ2) is 43.0. The van der Waals surface area contributed by atoms with Crippen molar-refractivity contribution >= 4 is 119 Å². The van der Waals surface area contributed by atoms with Gasteiger partial charge in [-0.25, -0.2) is 38.5 Å². The van der Waals surface area contributed by atoms with Crippen molar-refractivity contribution in [2.45, 2.75) is 156 Å². The van der Waals surface area contributed by atoms with Crippen molar-refractivity contribution in [2.75, 3.05) is 25.0 Å². The van der Waals surface area contributed by atoms with E-state index >= 15 is 0 Å². The van der Waals surface area contributed by atoms with E-state index in [2.05, 4.69) is 82.6 Å². The predicted molar refractivity (Wildman–Crippen MR) is 584 cm³/mol. The molecule has 0 radical (unpaired) electrons. The number of urea groups is 1. The van der Waals surface area contributed by atoms with Gasteiger partial charge in [-0.15, -0.1) is 0 Å². The third-order valence-electron chi connectivity index (χ3n) is 26.8. The monoisotopic (exact) mass is 2090 g/mol. The average Bonchev–Trinajstić information content (AvgIpc) is 1.43. The molecule has 149 heavy (non-hydrogen) atoms. The normalized spacial score (nSPS) is 13.4. The standard InChI is InChI=1S/C30H29N3O3S.C29H29N3O3S.C28H24F2N4O3S2.C28H30N4O4S/c1-30(2,37(3,35)36)25-16-23-8-5-13-32-29(23)27(17-25)22-7-4-6-21(15-22)24-14-20(18-31-19-24)9-12-28(34)33-26-10-11-26;1-29(2,36(3,34)35)24-15-22-8-5-11-31-28(22)26(16-24)21-7-4-6-20(14-21)23-12-19(17-30-18-23)13-27(33)32-25-9-10-25;1-17-33-26(37-34-17)28(29,30)38-23-13-21(15-31-16-23)18-7-5-8-19(11-18)24-14-22(27(2,3)39(4,35)36)12-20-9-6-10-32-25(20)24;1-18(2)30-27(33)31-25-12-11-22(17-32(25)34)19-8-6-9-20(14-19)24-16-23(28(3,4)37(5,35)36)15-21-10-7-13-29-26(21)24/h4-9,12-19,26H,10-11H2,1-3H3,(H,33,34);4-8,11-12,14-18,25H,9-10,13H2,1-3H3,(H,32,33);5-16H,1-4H3;6-18,34H,1-5H3,(H,30,33)/b12-9+;;;. The molecule has 4 N–H and O–H groups in total. The summed E-state index contributed by atoms with van der Waals surface area (Å²) in [5, 5.41) is 22.5. The lowest BCUT2D eigenvalue weighted by Crippen LogP contribution is -2.30. The van der Waals surface area contributed by atoms with Gasteiger partial charge < -0.3 is 25.7 Å². The molecular formula is C115H112F2N14O13S5. The van der Waals surface area contributed by atoms with E-state index in [9.17, 15) is 62.0 Å². The zero-order valence-corrected chi connectivity index (χ0v) is 88.8. The molecule has 764 valence electrons. The van der Waals surface area contributed by atoms with Crippen molar-refractivity contribution < 1.29 is 66.6 Å². The van der Waals surface area contributed by atoms with Crippen LogP contribution in [0.3, 0.4) is 0 Å². The molecular weight excluding hydrogens is 1980 g/mol. The van der Waals surface area contributed by atoms with Crippen LogP contribution in [0.5, 0.6) is 0 Å². The number of pyridine rings is 8. The smallest absolute Gasteiger partial charge is 0.375 e. The second-order valence-corrected chi connectivity index (χ2v) is 51.0. The molecule has 2 aliphatic carbocycles. The van der Waals surface area contributed by atoms with Crippen LogP contribution in [0.1, 0.15) is 140 Å². The number of thioether (sulfide) groups is 1. The van der Waals surface area contributed by atoms with Crippen LogP contribution in [0.2, 0.25) is 0 Å². The number of halogens is 2. The molecule has 2 aliphatic rings. The summed E-state index contributed by atoms with van der Waals surface area (Å²) in [7, 11) is -13.5. The lowest BCUT2D eigenvalue weighted by molar-refractivity contribution is -0.120. The van der Waals surface area contributed by atoms with E-state index in [-0.39, 0.29) is 45.8 Å². The number of alkyl halides is 2. The fourth-order valence-electron chi connectivity index (χ4n) is 16.5. The molecule has 0 aliphatic heterocycles. The van der Waals surface area contributed by atoms with Crippen LogP contribution >= 0.6 is 11.8 Å². The molecule has 27 nitrogen and oxygen atoms in total. The predicted octanol–water partition coefficient (Wildman–Crippen LogP) is 22.3. The summed E-state index contributed by atoms with van der Waals surface area (Å²) in [6.45, 7) is 18.8. The van der Waals surface area contributed by atoms with E-state index in [0.717, 1.165) is 169 Å². The van der Waals surface area contributed by atoms with Gasteiger partial charge in [-0.2, -0.15) is 23.5 Å². The first kappa shape index (κ1) is 107. The number of amides is 4. The Morgan fingerprint density at radius 3 is 1.19 bits per heavy atom. The highest BCUT2D eigenvalue weighted by Gasteiger charge is 2.42. The Morgan fingerprint density at radius 2 is 0.819 bits per heavy atom. The van der Waals surface area contributed by atoms with Gasteiger partial charge in [0, 0.05) is 182 Å². The first-order valence-corrected chi connectivity index (χ1v) is 56.4. The number of aryl methyl sites for hydroxylation is 1. The van der Waals surface area contributed by atoms with E-state index in [1.54, 1.807) is 148 Å². The molecule has 0 saturated heterocycles. The molecule has 8 aromatic carbocycles. The average molecular weight is 2100 g/mol. The molecule has 17 aromatic rings. The van der Waals surface area contributed by atoms with Crippen LogP contribution in [0.15, 0.2) is 313 Å². The van der Waals surface area contributed by atoms with Gasteiger partial charge >= 0.3 is 17.2 Å². The first-order chi connectivity index (χ1) is 70.4. The summed E-state index contributed by atoms with van der Waals surface area (Å²) in [4.78, 5) is 75.3. The number of benzene rings is 8. The van der Waals surface area contributed by atoms with Crippen LogP contribution in [-0.2, 0) is 79.6 Å². The summed E-state index contributed by atoms with van der Waals surface area (Å²) in [6, 6.07) is 70.5. The van der Waals surface area contributed by atoms with Gasteiger partial charge in [-0.1, -0.05) is 102 Å². The Bertz CT molecular complexity index is 8690. The number of carbonyl (C=O) groups is 3. The number of sulfone groups is 4. The molecule has 19 rings (SSSR count). The lowest BCUT2D eigenvalue weighted by atomic mass is 9.92. The molecule has 34 heteroatoms. The number of hydrogen-bond donors (Lipinski definition) is 4. The minimum Gasteiger partial charge on any atom is -0.427 e. The number of carbonyl (C=O) groups excluding carboxylic acids is 3. The van der Waals surface area contributed by atoms with Crippen LogP contribution < -0.4 is 21.4 Å². The maximum atomic E-state index is 14.7. The highest BCUT2D eigenvalue weighted by molar-refractivity contribution is 8.00. The number of hydrogen-bond acceptors (Lipinski definition) is 23. The molecule has 2 fully saturated rings. The van der Waals surface area contributed by atoms with Crippen LogP contribution in [0.25, 0.3) is 139 Å². The molecule has 0 unspecified atom stereocenters. The molecule has 0 bridgehead atoms. The van der Waals surface area contributed by atoms with Crippen molar-refractivity contribution in [2.24, 2.45) is 4.99 Å². The first-order valence-electron chi connectivity index (χ1n) is 48.0. The number of fused-ring (bicyclic) bond motifs is 4. The summed E-state index contributed by atoms with van der Waals surface area (Å²) >= 11 is 0.272. The largest absolute Gasteiger partial charge is 0.427 e. The van der Waals surface area contributed by atoms with Gasteiger partial charge in [0.1, 0.15) is 0 Å². The third kappa shape index (κ3) is 24.8. The summed E-state index contributed by atoms with van der Waals surface area (Å²) in [5.41, 5.74) is 21.1. The van der Waals surface area contributed by atoms with Crippen molar-refractivity contribution in [1.29, 1.82) is 0 Å². The third-order valence-corrected chi connectivity index (χ3v) is 36.1. The minimum absolute atomic E-state index is 0.0213. The van der Waals surface area contributed by atoms with E-state index in [1.807, 2.05) is 202 Å². The van der Waals surface area contributed by atoms with Gasteiger partial charge in [-0.3, -0.25) is 44.5 Å². The van der Waals surface area contributed by atoms with Gasteiger partial charge in [0.2, 0.25) is 11.8 Å². The number of aromatic nitrogens is 10. The topological polar surface area (TPSA) is 391 Å². The summed E-state index contributed by atoms with van der Waals surface area (Å²) in [6.07, 6.45) is 31.2. The molecule has 2 saturated carbocycles. The maximum Gasteiger partial charge on any atom is 0.375 e.